The molecule has 1 aromatic carbocycles. The summed E-state index contributed by atoms with van der Waals surface area (Å²) in [5.74, 6) is -0.00766. The number of hydrogen-bond acceptors (Lipinski definition) is 2. The summed E-state index contributed by atoms with van der Waals surface area (Å²) >= 11 is 0. The molecule has 1 aliphatic carbocycles. The summed E-state index contributed by atoms with van der Waals surface area (Å²) in [4.78, 5) is 26.5. The summed E-state index contributed by atoms with van der Waals surface area (Å²) in [6.07, 6.45) is 5.57. The Labute approximate surface area is 119 Å². The first-order valence-electron chi connectivity index (χ1n) is 7.41. The SMILES string of the molecule is O=C1NCC(=O)N(C2CCCCC2)C1c1ccccc1. The fraction of sp³-hybridized carbons (Fsp3) is 0.500. The van der Waals surface area contributed by atoms with E-state index < -0.39 is 6.04 Å². The van der Waals surface area contributed by atoms with Crippen molar-refractivity contribution in [2.45, 2.75) is 44.2 Å². The van der Waals surface area contributed by atoms with Crippen LogP contribution in [0.1, 0.15) is 43.7 Å². The molecule has 2 amide bonds. The molecule has 106 valence electrons. The average Bonchev–Trinajstić information content (AvgIpc) is 2.51. The van der Waals surface area contributed by atoms with Crippen molar-refractivity contribution in [2.24, 2.45) is 0 Å². The van der Waals surface area contributed by atoms with E-state index in [1.165, 1.54) is 6.42 Å². The van der Waals surface area contributed by atoms with Crippen LogP contribution < -0.4 is 5.32 Å². The van der Waals surface area contributed by atoms with E-state index in [1.54, 1.807) is 0 Å². The van der Waals surface area contributed by atoms with Gasteiger partial charge in [0.25, 0.3) is 0 Å². The smallest absolute Gasteiger partial charge is 0.247 e. The molecule has 4 nitrogen and oxygen atoms in total. The number of rotatable bonds is 2. The molecule has 1 heterocycles. The minimum atomic E-state index is -0.458. The number of benzene rings is 1. The van der Waals surface area contributed by atoms with E-state index in [0.29, 0.717) is 0 Å². The van der Waals surface area contributed by atoms with E-state index in [-0.39, 0.29) is 24.4 Å². The molecule has 1 atom stereocenters. The number of carbonyl (C=O) groups is 2. The van der Waals surface area contributed by atoms with Gasteiger partial charge >= 0.3 is 0 Å². The predicted octanol–water partition coefficient (Wildman–Crippen LogP) is 2.02. The molecule has 1 unspecified atom stereocenters. The molecule has 0 aromatic heterocycles. The Morgan fingerprint density at radius 2 is 1.70 bits per heavy atom. The third-order valence-electron chi connectivity index (χ3n) is 4.31. The van der Waals surface area contributed by atoms with Crippen LogP contribution in [0.5, 0.6) is 0 Å². The van der Waals surface area contributed by atoms with Crippen LogP contribution >= 0.6 is 0 Å². The van der Waals surface area contributed by atoms with Gasteiger partial charge in [0.1, 0.15) is 6.04 Å². The minimum absolute atomic E-state index is 0.0466. The lowest BCUT2D eigenvalue weighted by atomic mass is 9.90. The van der Waals surface area contributed by atoms with Crippen LogP contribution in [0.15, 0.2) is 30.3 Å². The van der Waals surface area contributed by atoms with Gasteiger partial charge < -0.3 is 10.2 Å². The maximum atomic E-state index is 12.3. The number of nitrogens with one attached hydrogen (secondary N) is 1. The van der Waals surface area contributed by atoms with Gasteiger partial charge in [-0.05, 0) is 18.4 Å². The summed E-state index contributed by atoms with van der Waals surface area (Å²) in [6.45, 7) is 0.138. The highest BCUT2D eigenvalue weighted by atomic mass is 16.2. The number of nitrogens with zero attached hydrogens (tertiary/aromatic N) is 1. The summed E-state index contributed by atoms with van der Waals surface area (Å²) in [7, 11) is 0. The molecule has 2 fully saturated rings. The Balaban J connectivity index is 1.93. The molecule has 1 aromatic rings. The largest absolute Gasteiger partial charge is 0.345 e. The quantitative estimate of drug-likeness (QED) is 0.895. The van der Waals surface area contributed by atoms with Crippen molar-refractivity contribution in [1.29, 1.82) is 0 Å². The Bertz CT molecular complexity index is 494. The second-order valence-corrected chi connectivity index (χ2v) is 5.62. The zero-order chi connectivity index (χ0) is 13.9. The molecule has 1 saturated heterocycles. The lowest BCUT2D eigenvalue weighted by Crippen LogP contribution is -2.57. The molecule has 20 heavy (non-hydrogen) atoms. The Morgan fingerprint density at radius 3 is 2.40 bits per heavy atom. The fourth-order valence-electron chi connectivity index (χ4n) is 3.34. The zero-order valence-electron chi connectivity index (χ0n) is 11.5. The highest BCUT2D eigenvalue weighted by molar-refractivity contribution is 5.95. The summed E-state index contributed by atoms with van der Waals surface area (Å²) in [6, 6.07) is 9.38. The molecule has 2 aliphatic rings. The van der Waals surface area contributed by atoms with Crippen molar-refractivity contribution < 1.29 is 9.59 Å². The van der Waals surface area contributed by atoms with E-state index in [0.717, 1.165) is 31.2 Å². The van der Waals surface area contributed by atoms with Crippen LogP contribution in [0.2, 0.25) is 0 Å². The second-order valence-electron chi connectivity index (χ2n) is 5.62. The van der Waals surface area contributed by atoms with Crippen molar-refractivity contribution >= 4 is 11.8 Å². The lowest BCUT2D eigenvalue weighted by Gasteiger charge is -2.42. The first kappa shape index (κ1) is 13.2. The normalized spacial score (nSPS) is 24.6. The molecular formula is C16H20N2O2. The predicted molar refractivity (Wildman–Crippen MR) is 75.9 cm³/mol. The second kappa shape index (κ2) is 5.65. The maximum Gasteiger partial charge on any atom is 0.247 e. The molecule has 0 radical (unpaired) electrons. The van der Waals surface area contributed by atoms with Gasteiger partial charge in [0.2, 0.25) is 11.8 Å². The average molecular weight is 272 g/mol. The van der Waals surface area contributed by atoms with Gasteiger partial charge in [-0.25, -0.2) is 0 Å². The Morgan fingerprint density at radius 1 is 1.00 bits per heavy atom. The zero-order valence-corrected chi connectivity index (χ0v) is 11.5. The van der Waals surface area contributed by atoms with E-state index in [2.05, 4.69) is 5.32 Å². The fourth-order valence-corrected chi connectivity index (χ4v) is 3.34. The van der Waals surface area contributed by atoms with Gasteiger partial charge in [-0.2, -0.15) is 0 Å². The first-order chi connectivity index (χ1) is 9.77. The van der Waals surface area contributed by atoms with Gasteiger partial charge in [-0.3, -0.25) is 9.59 Å². The number of hydrogen-bond donors (Lipinski definition) is 1. The van der Waals surface area contributed by atoms with E-state index in [4.69, 9.17) is 0 Å². The van der Waals surface area contributed by atoms with Crippen LogP contribution in [0.3, 0.4) is 0 Å². The van der Waals surface area contributed by atoms with Crippen molar-refractivity contribution in [3.05, 3.63) is 35.9 Å². The van der Waals surface area contributed by atoms with Crippen molar-refractivity contribution in [3.8, 4) is 0 Å². The van der Waals surface area contributed by atoms with Crippen LogP contribution in [-0.2, 0) is 9.59 Å². The van der Waals surface area contributed by atoms with E-state index in [1.807, 2.05) is 35.2 Å². The lowest BCUT2D eigenvalue weighted by molar-refractivity contribution is -0.149. The molecule has 4 heteroatoms. The van der Waals surface area contributed by atoms with Crippen LogP contribution in [0.25, 0.3) is 0 Å². The molecule has 1 N–H and O–H groups in total. The van der Waals surface area contributed by atoms with Crippen molar-refractivity contribution in [2.75, 3.05) is 6.54 Å². The third kappa shape index (κ3) is 2.42. The van der Waals surface area contributed by atoms with Crippen molar-refractivity contribution in [1.82, 2.24) is 10.2 Å². The monoisotopic (exact) mass is 272 g/mol. The van der Waals surface area contributed by atoms with Crippen LogP contribution in [-0.4, -0.2) is 29.3 Å². The Hall–Kier alpha value is -1.84. The van der Waals surface area contributed by atoms with Gasteiger partial charge in [0, 0.05) is 6.04 Å². The molecule has 0 bridgehead atoms. The highest BCUT2D eigenvalue weighted by Gasteiger charge is 2.39. The summed E-state index contributed by atoms with van der Waals surface area (Å²) < 4.78 is 0. The minimum Gasteiger partial charge on any atom is -0.345 e. The maximum absolute atomic E-state index is 12.3. The van der Waals surface area contributed by atoms with Gasteiger partial charge in [-0.1, -0.05) is 49.6 Å². The van der Waals surface area contributed by atoms with E-state index >= 15 is 0 Å². The number of amides is 2. The van der Waals surface area contributed by atoms with Crippen LogP contribution in [0, 0.1) is 0 Å². The molecule has 1 aliphatic heterocycles. The van der Waals surface area contributed by atoms with Crippen molar-refractivity contribution in [3.63, 3.8) is 0 Å². The van der Waals surface area contributed by atoms with Gasteiger partial charge in [0.05, 0.1) is 6.54 Å². The van der Waals surface area contributed by atoms with Gasteiger partial charge in [0.15, 0.2) is 0 Å². The molecule has 0 spiro atoms. The molecular weight excluding hydrogens is 252 g/mol. The summed E-state index contributed by atoms with van der Waals surface area (Å²) in [5.41, 5.74) is 0.906. The highest BCUT2D eigenvalue weighted by Crippen LogP contribution is 2.32. The first-order valence-corrected chi connectivity index (χ1v) is 7.41. The van der Waals surface area contributed by atoms with Crippen LogP contribution in [0.4, 0.5) is 0 Å². The molecule has 3 rings (SSSR count). The van der Waals surface area contributed by atoms with Gasteiger partial charge in [-0.15, -0.1) is 0 Å². The number of carbonyl (C=O) groups excluding carboxylic acids is 2. The standard InChI is InChI=1S/C16H20N2O2/c19-14-11-17-16(20)15(12-7-3-1-4-8-12)18(14)13-9-5-2-6-10-13/h1,3-4,7-8,13,15H,2,5-6,9-11H2,(H,17,20). The third-order valence-corrected chi connectivity index (χ3v) is 4.31. The van der Waals surface area contributed by atoms with E-state index in [9.17, 15) is 9.59 Å². The summed E-state index contributed by atoms with van der Waals surface area (Å²) in [5, 5.41) is 2.72. The Kier molecular flexibility index (Phi) is 3.72. The number of piperazine rings is 1. The molecule has 1 saturated carbocycles. The topological polar surface area (TPSA) is 49.4 Å².